The van der Waals surface area contributed by atoms with Gasteiger partial charge in [0, 0.05) is 26.2 Å². The van der Waals surface area contributed by atoms with E-state index in [9.17, 15) is 29.5 Å². The summed E-state index contributed by atoms with van der Waals surface area (Å²) in [4.78, 5) is 41.6. The van der Waals surface area contributed by atoms with Crippen molar-refractivity contribution in [1.29, 1.82) is 0 Å². The fraction of sp³-hybridized carbons (Fsp3) is 0.609. The number of rotatable bonds is 10. The Hall–Kier alpha value is -2.67. The lowest BCUT2D eigenvalue weighted by Gasteiger charge is -2.29. The monoisotopic (exact) mass is 490 g/mol. The third-order valence-corrected chi connectivity index (χ3v) is 6.32. The number of urea groups is 1. The van der Waals surface area contributed by atoms with Gasteiger partial charge in [-0.25, -0.2) is 4.79 Å². The van der Waals surface area contributed by atoms with Crippen LogP contribution in [0.25, 0.3) is 0 Å². The molecule has 0 aliphatic carbocycles. The van der Waals surface area contributed by atoms with Crippen molar-refractivity contribution < 1.29 is 34.3 Å². The SMILES string of the molecule is O=C(NC(CCCc1ccccc1)B(O)O)C(CC(=O)N1CCOCC1)NC(=O)N1CC[C@H](O)C1. The zero-order valence-corrected chi connectivity index (χ0v) is 19.8. The quantitative estimate of drug-likeness (QED) is 0.261. The van der Waals surface area contributed by atoms with Crippen LogP contribution in [-0.4, -0.2) is 107 Å². The third kappa shape index (κ3) is 8.50. The van der Waals surface area contributed by atoms with Gasteiger partial charge in [-0.3, -0.25) is 9.59 Å². The predicted molar refractivity (Wildman–Crippen MR) is 128 cm³/mol. The number of hydrogen-bond donors (Lipinski definition) is 5. The molecule has 0 radical (unpaired) electrons. The molecular weight excluding hydrogens is 455 g/mol. The van der Waals surface area contributed by atoms with Gasteiger partial charge in [-0.1, -0.05) is 30.3 Å². The molecule has 2 aliphatic heterocycles. The van der Waals surface area contributed by atoms with Crippen molar-refractivity contribution in [2.24, 2.45) is 0 Å². The summed E-state index contributed by atoms with van der Waals surface area (Å²) in [5.41, 5.74) is 1.10. The van der Waals surface area contributed by atoms with Crippen molar-refractivity contribution in [2.75, 3.05) is 39.4 Å². The molecule has 35 heavy (non-hydrogen) atoms. The van der Waals surface area contributed by atoms with E-state index in [2.05, 4.69) is 10.6 Å². The molecule has 1 aromatic rings. The number of carbonyl (C=O) groups excluding carboxylic acids is 3. The Kier molecular flexibility index (Phi) is 10.3. The minimum Gasteiger partial charge on any atom is -0.426 e. The van der Waals surface area contributed by atoms with E-state index in [4.69, 9.17) is 4.74 Å². The van der Waals surface area contributed by atoms with Crippen LogP contribution in [-0.2, 0) is 20.7 Å². The molecule has 2 fully saturated rings. The second-order valence-electron chi connectivity index (χ2n) is 8.99. The molecule has 5 N–H and O–H groups in total. The maximum absolute atomic E-state index is 13.1. The van der Waals surface area contributed by atoms with Crippen LogP contribution in [0.15, 0.2) is 30.3 Å². The zero-order valence-electron chi connectivity index (χ0n) is 19.8. The number of nitrogens with zero attached hydrogens (tertiary/aromatic N) is 2. The molecule has 4 amide bonds. The highest BCUT2D eigenvalue weighted by molar-refractivity contribution is 6.43. The molecule has 2 heterocycles. The van der Waals surface area contributed by atoms with Crippen LogP contribution in [0.2, 0.25) is 0 Å². The maximum Gasteiger partial charge on any atom is 0.475 e. The lowest BCUT2D eigenvalue weighted by Crippen LogP contribution is -2.57. The van der Waals surface area contributed by atoms with Gasteiger partial charge in [-0.2, -0.15) is 0 Å². The van der Waals surface area contributed by atoms with E-state index < -0.39 is 37.1 Å². The first-order valence-electron chi connectivity index (χ1n) is 12.1. The summed E-state index contributed by atoms with van der Waals surface area (Å²) in [6, 6.07) is 7.95. The van der Waals surface area contributed by atoms with Crippen molar-refractivity contribution in [3.8, 4) is 0 Å². The van der Waals surface area contributed by atoms with Gasteiger partial charge in [-0.05, 0) is 31.2 Å². The zero-order chi connectivity index (χ0) is 25.2. The highest BCUT2D eigenvalue weighted by Crippen LogP contribution is 2.12. The molecule has 2 aliphatic rings. The molecule has 2 saturated heterocycles. The summed E-state index contributed by atoms with van der Waals surface area (Å²) in [5.74, 6) is -1.93. The second kappa shape index (κ2) is 13.4. The van der Waals surface area contributed by atoms with Crippen molar-refractivity contribution in [1.82, 2.24) is 20.4 Å². The number of likely N-dealkylation sites (tertiary alicyclic amines) is 1. The van der Waals surface area contributed by atoms with Gasteiger partial charge in [0.05, 0.1) is 31.7 Å². The Bertz CT molecular complexity index is 820. The first-order chi connectivity index (χ1) is 16.8. The van der Waals surface area contributed by atoms with Crippen LogP contribution in [0.1, 0.15) is 31.2 Å². The van der Waals surface area contributed by atoms with Gasteiger partial charge in [0.2, 0.25) is 11.8 Å². The number of hydrogen-bond acceptors (Lipinski definition) is 7. The summed E-state index contributed by atoms with van der Waals surface area (Å²) in [6.07, 6.45) is 1.15. The van der Waals surface area contributed by atoms with E-state index in [1.807, 2.05) is 30.3 Å². The largest absolute Gasteiger partial charge is 0.475 e. The Morgan fingerprint density at radius 1 is 1.06 bits per heavy atom. The maximum atomic E-state index is 13.1. The molecule has 0 saturated carbocycles. The van der Waals surface area contributed by atoms with E-state index in [1.165, 1.54) is 4.90 Å². The standard InChI is InChI=1S/C23H35BN4O7/c29-18-9-10-28(16-18)23(32)25-19(15-21(30)27-11-13-35-14-12-27)22(31)26-20(24(33)34)8-4-7-17-5-2-1-3-6-17/h1-3,5-6,18-20,29,33-34H,4,7-16H2,(H,25,32)(H,26,31)/t18-,19?,20?/m0/s1. The first kappa shape index (κ1) is 26.9. The molecule has 2 unspecified atom stereocenters. The van der Waals surface area contributed by atoms with Crippen molar-refractivity contribution in [2.45, 2.75) is 50.2 Å². The number of amides is 4. The van der Waals surface area contributed by atoms with E-state index in [1.54, 1.807) is 4.90 Å². The van der Waals surface area contributed by atoms with Crippen LogP contribution in [0.4, 0.5) is 4.79 Å². The van der Waals surface area contributed by atoms with E-state index in [0.717, 1.165) is 5.56 Å². The fourth-order valence-corrected chi connectivity index (χ4v) is 4.24. The number of morpholine rings is 1. The summed E-state index contributed by atoms with van der Waals surface area (Å²) in [7, 11) is -1.80. The van der Waals surface area contributed by atoms with Gasteiger partial charge in [0.25, 0.3) is 0 Å². The van der Waals surface area contributed by atoms with Gasteiger partial charge >= 0.3 is 13.1 Å². The van der Waals surface area contributed by atoms with E-state index in [0.29, 0.717) is 58.5 Å². The number of nitrogens with one attached hydrogen (secondary N) is 2. The number of aliphatic hydroxyl groups is 1. The normalized spacial score (nSPS) is 19.7. The van der Waals surface area contributed by atoms with Crippen LogP contribution in [0.3, 0.4) is 0 Å². The number of benzene rings is 1. The van der Waals surface area contributed by atoms with Gasteiger partial charge in [-0.15, -0.1) is 0 Å². The summed E-state index contributed by atoms with van der Waals surface area (Å²) < 4.78 is 5.26. The van der Waals surface area contributed by atoms with Crippen molar-refractivity contribution in [3.05, 3.63) is 35.9 Å². The van der Waals surface area contributed by atoms with Gasteiger partial charge in [0.15, 0.2) is 0 Å². The predicted octanol–water partition coefficient (Wildman–Crippen LogP) is -1.10. The molecule has 0 bridgehead atoms. The highest BCUT2D eigenvalue weighted by atomic mass is 16.5. The fourth-order valence-electron chi connectivity index (χ4n) is 4.24. The third-order valence-electron chi connectivity index (χ3n) is 6.32. The molecule has 0 spiro atoms. The molecule has 1 aromatic carbocycles. The molecule has 0 aromatic heterocycles. The molecule has 11 nitrogen and oxygen atoms in total. The van der Waals surface area contributed by atoms with Crippen molar-refractivity contribution in [3.63, 3.8) is 0 Å². The van der Waals surface area contributed by atoms with E-state index in [-0.39, 0.29) is 18.9 Å². The Morgan fingerprint density at radius 3 is 2.40 bits per heavy atom. The van der Waals surface area contributed by atoms with E-state index >= 15 is 0 Å². The molecule has 3 atom stereocenters. The average Bonchev–Trinajstić information content (AvgIpc) is 3.30. The Balaban J connectivity index is 1.61. The summed E-state index contributed by atoms with van der Waals surface area (Å²) >= 11 is 0. The number of carbonyl (C=O) groups is 3. The number of ether oxygens (including phenoxy) is 1. The first-order valence-corrected chi connectivity index (χ1v) is 12.1. The summed E-state index contributed by atoms with van der Waals surface area (Å²) in [6.45, 7) is 2.10. The molecule has 3 rings (SSSR count). The lowest BCUT2D eigenvalue weighted by atomic mass is 9.76. The van der Waals surface area contributed by atoms with Crippen LogP contribution in [0.5, 0.6) is 0 Å². The topological polar surface area (TPSA) is 152 Å². The Labute approximate surface area is 205 Å². The number of aryl methyl sites for hydroxylation is 1. The second-order valence-corrected chi connectivity index (χ2v) is 8.99. The number of β-amino-alcohol motifs (C(OH)–C–C–N with tert-alkyl or cyclic N) is 1. The van der Waals surface area contributed by atoms with Crippen molar-refractivity contribution >= 4 is 25.0 Å². The average molecular weight is 490 g/mol. The smallest absolute Gasteiger partial charge is 0.426 e. The lowest BCUT2D eigenvalue weighted by molar-refractivity contribution is -0.138. The number of aliphatic hydroxyl groups excluding tert-OH is 1. The molecule has 192 valence electrons. The Morgan fingerprint density at radius 2 is 1.77 bits per heavy atom. The van der Waals surface area contributed by atoms with Gasteiger partial charge < -0.3 is 40.3 Å². The minimum absolute atomic E-state index is 0.148. The molecule has 12 heteroatoms. The molecular formula is C23H35BN4O7. The van der Waals surface area contributed by atoms with Crippen LogP contribution >= 0.6 is 0 Å². The summed E-state index contributed by atoms with van der Waals surface area (Å²) in [5, 5.41) is 34.6. The van der Waals surface area contributed by atoms with Crippen LogP contribution < -0.4 is 10.6 Å². The minimum atomic E-state index is -1.80. The van der Waals surface area contributed by atoms with Gasteiger partial charge in [0.1, 0.15) is 6.04 Å². The highest BCUT2D eigenvalue weighted by Gasteiger charge is 2.33. The van der Waals surface area contributed by atoms with Crippen LogP contribution in [0, 0.1) is 0 Å².